The lowest BCUT2D eigenvalue weighted by Gasteiger charge is -2.10. The van der Waals surface area contributed by atoms with Gasteiger partial charge in [0.25, 0.3) is 10.0 Å². The van der Waals surface area contributed by atoms with E-state index in [0.29, 0.717) is 25.6 Å². The molecule has 1 aliphatic carbocycles. The molecule has 0 radical (unpaired) electrons. The van der Waals surface area contributed by atoms with Gasteiger partial charge >= 0.3 is 0 Å². The zero-order valence-corrected chi connectivity index (χ0v) is 14.7. The van der Waals surface area contributed by atoms with E-state index in [9.17, 15) is 13.2 Å². The van der Waals surface area contributed by atoms with Crippen LogP contribution in [0.25, 0.3) is 0 Å². The average Bonchev–Trinajstić information content (AvgIpc) is 3.18. The summed E-state index contributed by atoms with van der Waals surface area (Å²) in [7, 11) is -3.69. The molecule has 0 bridgehead atoms. The molecule has 1 aliphatic rings. The topological polar surface area (TPSA) is 110 Å². The Balaban J connectivity index is 1.73. The summed E-state index contributed by atoms with van der Waals surface area (Å²) in [5, 5.41) is 9.94. The van der Waals surface area contributed by atoms with Crippen LogP contribution in [-0.4, -0.2) is 43.8 Å². The molecule has 0 atom stereocenters. The van der Waals surface area contributed by atoms with Gasteiger partial charge in [-0.1, -0.05) is 31.1 Å². The van der Waals surface area contributed by atoms with Gasteiger partial charge in [0.05, 0.1) is 6.10 Å². The normalized spacial score (nSPS) is 15.9. The minimum atomic E-state index is -3.69. The summed E-state index contributed by atoms with van der Waals surface area (Å²) >= 11 is 0.832. The number of carbonyl (C=O) groups is 1. The molecule has 1 amide bonds. The van der Waals surface area contributed by atoms with Crippen LogP contribution in [0.1, 0.15) is 45.4 Å². The summed E-state index contributed by atoms with van der Waals surface area (Å²) < 4.78 is 32.1. The molecule has 1 heterocycles. The maximum absolute atomic E-state index is 12.1. The van der Waals surface area contributed by atoms with Gasteiger partial charge < -0.3 is 10.1 Å². The van der Waals surface area contributed by atoms with Crippen molar-refractivity contribution < 1.29 is 17.9 Å². The first kappa shape index (κ1) is 18.2. The summed E-state index contributed by atoms with van der Waals surface area (Å²) in [6, 6.07) is 0. The number of amides is 1. The Labute approximate surface area is 140 Å². The second-order valence-electron chi connectivity index (χ2n) is 5.30. The number of sulfonamides is 1. The highest BCUT2D eigenvalue weighted by molar-refractivity contribution is 7.91. The van der Waals surface area contributed by atoms with Crippen molar-refractivity contribution in [1.82, 2.24) is 14.9 Å². The van der Waals surface area contributed by atoms with Crippen molar-refractivity contribution in [1.29, 1.82) is 0 Å². The molecule has 1 aromatic heterocycles. The minimum absolute atomic E-state index is 0.152. The van der Waals surface area contributed by atoms with Crippen molar-refractivity contribution in [2.45, 2.75) is 55.9 Å². The first-order valence-corrected chi connectivity index (χ1v) is 10.1. The van der Waals surface area contributed by atoms with Gasteiger partial charge in [-0.2, -0.15) is 0 Å². The summed E-state index contributed by atoms with van der Waals surface area (Å²) in [5.74, 6) is -0.234. The molecule has 0 unspecified atom stereocenters. The molecule has 0 saturated heterocycles. The largest absolute Gasteiger partial charge is 0.378 e. The third-order valence-electron chi connectivity index (χ3n) is 3.47. The lowest BCUT2D eigenvalue weighted by Crippen LogP contribution is -2.26. The summed E-state index contributed by atoms with van der Waals surface area (Å²) in [4.78, 5) is 11.2. The molecule has 2 N–H and O–H groups in total. The fourth-order valence-electron chi connectivity index (χ4n) is 2.22. The molecule has 0 spiro atoms. The van der Waals surface area contributed by atoms with Gasteiger partial charge in [0.2, 0.25) is 15.4 Å². The Morgan fingerprint density at radius 1 is 1.35 bits per heavy atom. The fourth-order valence-corrected chi connectivity index (χ4v) is 4.25. The Bertz CT molecular complexity index is 611. The maximum Gasteiger partial charge on any atom is 0.269 e. The number of hydrogen-bond donors (Lipinski definition) is 2. The van der Waals surface area contributed by atoms with E-state index in [-0.39, 0.29) is 21.9 Å². The monoisotopic (exact) mass is 362 g/mol. The highest BCUT2D eigenvalue weighted by Gasteiger charge is 2.20. The Kier molecular flexibility index (Phi) is 6.88. The first-order valence-electron chi connectivity index (χ1n) is 7.76. The number of ether oxygens (including phenoxy) is 1. The highest BCUT2D eigenvalue weighted by atomic mass is 32.2. The third-order valence-corrected chi connectivity index (χ3v) is 6.14. The molecule has 0 aliphatic heterocycles. The summed E-state index contributed by atoms with van der Waals surface area (Å²) in [6.45, 7) is 2.52. The van der Waals surface area contributed by atoms with Crippen molar-refractivity contribution in [3.63, 3.8) is 0 Å². The van der Waals surface area contributed by atoms with Crippen molar-refractivity contribution in [2.24, 2.45) is 0 Å². The van der Waals surface area contributed by atoms with Crippen molar-refractivity contribution in [3.8, 4) is 0 Å². The van der Waals surface area contributed by atoms with E-state index >= 15 is 0 Å². The Hall–Kier alpha value is -1.10. The number of nitrogens with one attached hydrogen (secondary N) is 2. The van der Waals surface area contributed by atoms with Crippen LogP contribution >= 0.6 is 11.3 Å². The van der Waals surface area contributed by atoms with Crippen LogP contribution in [0.15, 0.2) is 4.34 Å². The van der Waals surface area contributed by atoms with Crippen molar-refractivity contribution in [3.05, 3.63) is 0 Å². The van der Waals surface area contributed by atoms with Crippen molar-refractivity contribution >= 4 is 32.4 Å². The van der Waals surface area contributed by atoms with E-state index < -0.39 is 10.0 Å². The van der Waals surface area contributed by atoms with Gasteiger partial charge in [-0.15, -0.1) is 10.2 Å². The van der Waals surface area contributed by atoms with Gasteiger partial charge in [-0.05, 0) is 19.3 Å². The molecule has 2 rings (SSSR count). The van der Waals surface area contributed by atoms with Gasteiger partial charge in [0.1, 0.15) is 0 Å². The van der Waals surface area contributed by atoms with E-state index in [1.54, 1.807) is 6.92 Å². The van der Waals surface area contributed by atoms with Crippen LogP contribution in [-0.2, 0) is 19.6 Å². The Morgan fingerprint density at radius 2 is 2.09 bits per heavy atom. The van der Waals surface area contributed by atoms with E-state index in [4.69, 9.17) is 4.74 Å². The molecule has 1 fully saturated rings. The van der Waals surface area contributed by atoms with Gasteiger partial charge in [0, 0.05) is 19.6 Å². The minimum Gasteiger partial charge on any atom is -0.378 e. The molecule has 1 aromatic rings. The molecular weight excluding hydrogens is 340 g/mol. The molecule has 130 valence electrons. The van der Waals surface area contributed by atoms with Crippen LogP contribution in [0.3, 0.4) is 0 Å². The number of nitrogens with zero attached hydrogens (tertiary/aromatic N) is 2. The summed E-state index contributed by atoms with van der Waals surface area (Å²) in [5.41, 5.74) is 0. The lowest BCUT2D eigenvalue weighted by atomic mass is 10.3. The van der Waals surface area contributed by atoms with E-state index in [1.165, 1.54) is 12.8 Å². The second kappa shape index (κ2) is 8.67. The summed E-state index contributed by atoms with van der Waals surface area (Å²) in [6.07, 6.45) is 5.86. The van der Waals surface area contributed by atoms with Crippen LogP contribution in [0.2, 0.25) is 0 Å². The zero-order valence-electron chi connectivity index (χ0n) is 13.1. The number of hydrogen-bond acceptors (Lipinski definition) is 7. The molecule has 10 heteroatoms. The zero-order chi connectivity index (χ0) is 16.7. The van der Waals surface area contributed by atoms with E-state index in [2.05, 4.69) is 20.2 Å². The third kappa shape index (κ3) is 5.79. The SMILES string of the molecule is CCC(=O)Nc1nnc(S(=O)(=O)NCCCOC2CCCC2)s1. The van der Waals surface area contributed by atoms with Gasteiger partial charge in [-0.3, -0.25) is 4.79 Å². The number of rotatable bonds is 9. The lowest BCUT2D eigenvalue weighted by molar-refractivity contribution is -0.115. The average molecular weight is 362 g/mol. The predicted octanol–water partition coefficient (Wildman–Crippen LogP) is 1.51. The molecule has 0 aromatic carbocycles. The predicted molar refractivity (Wildman–Crippen MR) is 86.8 cm³/mol. The fraction of sp³-hybridized carbons (Fsp3) is 0.769. The molecule has 23 heavy (non-hydrogen) atoms. The smallest absolute Gasteiger partial charge is 0.269 e. The van der Waals surface area contributed by atoms with Crippen molar-refractivity contribution in [2.75, 3.05) is 18.5 Å². The maximum atomic E-state index is 12.1. The Morgan fingerprint density at radius 3 is 2.78 bits per heavy atom. The number of anilines is 1. The highest BCUT2D eigenvalue weighted by Crippen LogP contribution is 2.21. The number of carbonyl (C=O) groups excluding carboxylic acids is 1. The van der Waals surface area contributed by atoms with Gasteiger partial charge in [0.15, 0.2) is 0 Å². The number of aromatic nitrogens is 2. The standard InChI is InChI=1S/C13H22N4O4S2/c1-2-11(18)15-12-16-17-13(22-12)23(19,20)14-8-5-9-21-10-6-3-4-7-10/h10,14H,2-9H2,1H3,(H,15,16,18). The van der Waals surface area contributed by atoms with Gasteiger partial charge in [-0.25, -0.2) is 13.1 Å². The molecule has 1 saturated carbocycles. The van der Waals surface area contributed by atoms with E-state index in [0.717, 1.165) is 24.2 Å². The van der Waals surface area contributed by atoms with Crippen LogP contribution in [0.4, 0.5) is 5.13 Å². The molecular formula is C13H22N4O4S2. The quantitative estimate of drug-likeness (QED) is 0.509. The van der Waals surface area contributed by atoms with Crippen LogP contribution < -0.4 is 10.0 Å². The van der Waals surface area contributed by atoms with Crippen LogP contribution in [0.5, 0.6) is 0 Å². The van der Waals surface area contributed by atoms with E-state index in [1.807, 2.05) is 0 Å². The second-order valence-corrected chi connectivity index (χ2v) is 8.22. The first-order chi connectivity index (χ1) is 11.0. The van der Waals surface area contributed by atoms with Crippen LogP contribution in [0, 0.1) is 0 Å². The molecule has 8 nitrogen and oxygen atoms in total.